The van der Waals surface area contributed by atoms with E-state index >= 15 is 0 Å². The Labute approximate surface area is 210 Å². The minimum Gasteiger partial charge on any atom is -0.481 e. The predicted molar refractivity (Wildman–Crippen MR) is 121 cm³/mol. The van der Waals surface area contributed by atoms with E-state index in [-0.39, 0.29) is 19.0 Å². The summed E-state index contributed by atoms with van der Waals surface area (Å²) in [4.78, 5) is 58.5. The summed E-state index contributed by atoms with van der Waals surface area (Å²) in [5.74, 6) is -5.90. The monoisotopic (exact) mass is 522 g/mol. The molecule has 37 heavy (non-hydrogen) atoms. The van der Waals surface area contributed by atoms with E-state index in [1.54, 1.807) is 9.80 Å². The normalized spacial score (nSPS) is 15.3. The molecule has 1 aliphatic rings. The minimum absolute atomic E-state index is 0.00841. The van der Waals surface area contributed by atoms with Crippen LogP contribution in [0.5, 0.6) is 5.88 Å². The first-order valence-electron chi connectivity index (χ1n) is 11.3. The Balaban J connectivity index is 1.52. The molecule has 0 radical (unpaired) electrons. The second-order valence-electron chi connectivity index (χ2n) is 8.52. The number of Topliss-reactive ketones (excluding diaryl/α,β-unsaturated/α-hetero) is 2. The molecule has 1 aromatic heterocycles. The van der Waals surface area contributed by atoms with Gasteiger partial charge in [0.1, 0.15) is 12.4 Å². The van der Waals surface area contributed by atoms with Crippen molar-refractivity contribution < 1.29 is 42.2 Å². The van der Waals surface area contributed by atoms with Crippen molar-refractivity contribution >= 4 is 23.4 Å². The molecular formula is C24H25F3N4O6. The average molecular weight is 522 g/mol. The number of ether oxygens (including phenoxy) is 1. The zero-order valence-corrected chi connectivity index (χ0v) is 19.7. The third kappa shape index (κ3) is 8.63. The topological polar surface area (TPSA) is 130 Å². The predicted octanol–water partition coefficient (Wildman–Crippen LogP) is 1.84. The highest BCUT2D eigenvalue weighted by molar-refractivity contribution is 5.92. The van der Waals surface area contributed by atoms with Crippen LogP contribution in [0.1, 0.15) is 24.2 Å². The smallest absolute Gasteiger partial charge is 0.451 e. The molecule has 0 spiro atoms. The molecule has 13 heteroatoms. The van der Waals surface area contributed by atoms with E-state index in [1.165, 1.54) is 0 Å². The number of rotatable bonds is 12. The first-order valence-corrected chi connectivity index (χ1v) is 11.3. The molecule has 1 N–H and O–H groups in total. The van der Waals surface area contributed by atoms with Crippen LogP contribution < -0.4 is 4.74 Å². The molecule has 0 aliphatic carbocycles. The van der Waals surface area contributed by atoms with Crippen molar-refractivity contribution in [2.24, 2.45) is 5.92 Å². The lowest BCUT2D eigenvalue weighted by Crippen LogP contribution is -2.51. The molecule has 1 atom stereocenters. The molecule has 0 saturated carbocycles. The Kier molecular flexibility index (Phi) is 9.28. The highest BCUT2D eigenvalue weighted by Crippen LogP contribution is 2.26. The second kappa shape index (κ2) is 12.4. The van der Waals surface area contributed by atoms with Crippen molar-refractivity contribution in [3.05, 3.63) is 54.0 Å². The first kappa shape index (κ1) is 27.7. The summed E-state index contributed by atoms with van der Waals surface area (Å²) in [7, 11) is 0. The van der Waals surface area contributed by atoms with Crippen molar-refractivity contribution in [3.8, 4) is 5.88 Å². The summed E-state index contributed by atoms with van der Waals surface area (Å²) in [5.41, 5.74) is 0.981. The Hall–Kier alpha value is -3.87. The highest BCUT2D eigenvalue weighted by atomic mass is 19.4. The van der Waals surface area contributed by atoms with Gasteiger partial charge in [0, 0.05) is 44.2 Å². The second-order valence-corrected chi connectivity index (χ2v) is 8.52. The fourth-order valence-electron chi connectivity index (χ4n) is 3.78. The van der Waals surface area contributed by atoms with Crippen molar-refractivity contribution in [1.29, 1.82) is 0 Å². The first-order chi connectivity index (χ1) is 17.5. The maximum absolute atomic E-state index is 12.7. The molecule has 1 fully saturated rings. The van der Waals surface area contributed by atoms with Crippen LogP contribution in [-0.4, -0.2) is 81.1 Å². The summed E-state index contributed by atoms with van der Waals surface area (Å²) in [5, 5.41) is 9.15. The summed E-state index contributed by atoms with van der Waals surface area (Å²) in [6, 6.07) is 10.5. The lowest BCUT2D eigenvalue weighted by molar-refractivity contribution is -0.145. The number of carboxylic acid groups (broad SMARTS) is 1. The number of benzene rings is 1. The number of piperazine rings is 1. The molecule has 10 nitrogen and oxygen atoms in total. The van der Waals surface area contributed by atoms with Crippen LogP contribution in [0.2, 0.25) is 0 Å². The van der Waals surface area contributed by atoms with Gasteiger partial charge < -0.3 is 14.7 Å². The van der Waals surface area contributed by atoms with Gasteiger partial charge >= 0.3 is 12.1 Å². The maximum Gasteiger partial charge on any atom is 0.451 e. The van der Waals surface area contributed by atoms with E-state index in [0.717, 1.165) is 17.8 Å². The van der Waals surface area contributed by atoms with E-state index < -0.39 is 60.8 Å². The van der Waals surface area contributed by atoms with Gasteiger partial charge in [0.25, 0.3) is 0 Å². The largest absolute Gasteiger partial charge is 0.481 e. The number of carbonyl (C=O) groups is 4. The fourth-order valence-corrected chi connectivity index (χ4v) is 3.78. The van der Waals surface area contributed by atoms with Crippen molar-refractivity contribution in [1.82, 2.24) is 19.8 Å². The number of nitrogens with zero attached hydrogens (tertiary/aromatic N) is 4. The van der Waals surface area contributed by atoms with Gasteiger partial charge in [-0.2, -0.15) is 18.2 Å². The number of hydrogen-bond donors (Lipinski definition) is 1. The molecular weight excluding hydrogens is 497 g/mol. The zero-order chi connectivity index (χ0) is 27.0. The molecule has 0 unspecified atom stereocenters. The fraction of sp³-hybridized carbons (Fsp3) is 0.417. The molecule has 2 aromatic rings. The number of aliphatic carboxylic acids is 1. The number of hydrogen-bond acceptors (Lipinski definition) is 8. The van der Waals surface area contributed by atoms with Gasteiger partial charge in [-0.05, 0) is 5.56 Å². The Morgan fingerprint density at radius 1 is 1.08 bits per heavy atom. The molecule has 0 bridgehead atoms. The SMILES string of the molecule is O=C(O)C[C@H](CC(=O)CN1CCN(Cc2ccccc2)C(=O)C1)C(=O)COc1ccnc(C(F)(F)F)n1. The lowest BCUT2D eigenvalue weighted by atomic mass is 9.94. The molecule has 1 aromatic carbocycles. The minimum atomic E-state index is -4.81. The van der Waals surface area contributed by atoms with Gasteiger partial charge in [-0.1, -0.05) is 30.3 Å². The Morgan fingerprint density at radius 2 is 1.81 bits per heavy atom. The van der Waals surface area contributed by atoms with Crippen LogP contribution in [-0.2, 0) is 31.9 Å². The van der Waals surface area contributed by atoms with Crippen molar-refractivity contribution in [2.75, 3.05) is 32.8 Å². The van der Waals surface area contributed by atoms with Crippen molar-refractivity contribution in [2.45, 2.75) is 25.6 Å². The van der Waals surface area contributed by atoms with Crippen LogP contribution in [0.15, 0.2) is 42.6 Å². The molecule has 2 heterocycles. The molecule has 198 valence electrons. The van der Waals surface area contributed by atoms with Gasteiger partial charge in [0.2, 0.25) is 17.6 Å². The summed E-state index contributed by atoms with van der Waals surface area (Å²) in [6.45, 7) is 0.388. The molecule has 1 saturated heterocycles. The number of halogens is 3. The summed E-state index contributed by atoms with van der Waals surface area (Å²) >= 11 is 0. The standard InChI is InChI=1S/C24H25F3N4O6/c25-24(26,27)23-28-7-6-20(29-23)37-15-19(33)17(11-22(35)36)10-18(32)13-30-8-9-31(21(34)14-30)12-16-4-2-1-3-5-16/h1-7,17H,8-15H2,(H,35,36)/t17-/m0/s1. The maximum atomic E-state index is 12.7. The molecule has 1 aliphatic heterocycles. The van der Waals surface area contributed by atoms with Gasteiger partial charge in [0.05, 0.1) is 19.5 Å². The lowest BCUT2D eigenvalue weighted by Gasteiger charge is -2.34. The summed E-state index contributed by atoms with van der Waals surface area (Å²) in [6.07, 6.45) is -5.06. The van der Waals surface area contributed by atoms with E-state index in [4.69, 9.17) is 9.84 Å². The van der Waals surface area contributed by atoms with Crippen LogP contribution in [0, 0.1) is 5.92 Å². The van der Waals surface area contributed by atoms with Crippen LogP contribution in [0.25, 0.3) is 0 Å². The van der Waals surface area contributed by atoms with Crippen LogP contribution >= 0.6 is 0 Å². The zero-order valence-electron chi connectivity index (χ0n) is 19.7. The van der Waals surface area contributed by atoms with Gasteiger partial charge in [-0.25, -0.2) is 4.98 Å². The third-order valence-electron chi connectivity index (χ3n) is 5.61. The highest BCUT2D eigenvalue weighted by Gasteiger charge is 2.35. The Bertz CT molecular complexity index is 1130. The number of carboxylic acids is 1. The average Bonchev–Trinajstić information content (AvgIpc) is 2.84. The molecule has 3 rings (SSSR count). The van der Waals surface area contributed by atoms with Gasteiger partial charge in [-0.3, -0.25) is 24.1 Å². The Morgan fingerprint density at radius 3 is 2.46 bits per heavy atom. The number of ketones is 2. The molecule has 1 amide bonds. The summed E-state index contributed by atoms with van der Waals surface area (Å²) < 4.78 is 43.2. The van der Waals surface area contributed by atoms with Crippen molar-refractivity contribution in [3.63, 3.8) is 0 Å². The van der Waals surface area contributed by atoms with E-state index in [2.05, 4.69) is 9.97 Å². The van der Waals surface area contributed by atoms with Crippen LogP contribution in [0.3, 0.4) is 0 Å². The van der Waals surface area contributed by atoms with E-state index in [0.29, 0.717) is 19.6 Å². The quantitative estimate of drug-likeness (QED) is 0.444. The van der Waals surface area contributed by atoms with Gasteiger partial charge in [0.15, 0.2) is 5.78 Å². The van der Waals surface area contributed by atoms with Gasteiger partial charge in [-0.15, -0.1) is 0 Å². The van der Waals surface area contributed by atoms with E-state index in [1.807, 2.05) is 30.3 Å². The number of alkyl halides is 3. The van der Waals surface area contributed by atoms with E-state index in [9.17, 15) is 32.3 Å². The third-order valence-corrected chi connectivity index (χ3v) is 5.61. The number of aromatic nitrogens is 2. The number of amides is 1. The number of carbonyl (C=O) groups excluding carboxylic acids is 3. The van der Waals surface area contributed by atoms with Crippen LogP contribution in [0.4, 0.5) is 13.2 Å².